The maximum absolute atomic E-state index is 12.9. The minimum absolute atomic E-state index is 0.143. The summed E-state index contributed by atoms with van der Waals surface area (Å²) in [6.45, 7) is 17.7. The molecular formula is C28H47NO4S2. The number of aryl methyl sites for hydroxylation is 1. The highest BCUT2D eigenvalue weighted by atomic mass is 32.2. The Morgan fingerprint density at radius 3 is 2.40 bits per heavy atom. The summed E-state index contributed by atoms with van der Waals surface area (Å²) in [5.74, 6) is -0.836. The van der Waals surface area contributed by atoms with Gasteiger partial charge in [-0.25, -0.2) is 4.98 Å². The van der Waals surface area contributed by atoms with Crippen LogP contribution in [-0.2, 0) is 15.6 Å². The van der Waals surface area contributed by atoms with Crippen LogP contribution >= 0.6 is 11.3 Å². The lowest BCUT2D eigenvalue weighted by Gasteiger charge is -2.32. The van der Waals surface area contributed by atoms with Gasteiger partial charge in [0, 0.05) is 21.4 Å². The van der Waals surface area contributed by atoms with E-state index in [2.05, 4.69) is 55.4 Å². The molecule has 7 heteroatoms. The van der Waals surface area contributed by atoms with E-state index in [1.807, 2.05) is 27.7 Å². The first kappa shape index (κ1) is 33.4. The SMILES string of the molecule is C/C(=C/CC/C(C)=C/c1csc(C)n1)C/C=C\C(C)CC(C)S(=O)C(C)(C)C(O)CC(=O)O.CC. The predicted octanol–water partition coefficient (Wildman–Crippen LogP) is 7.33. The molecule has 0 radical (unpaired) electrons. The fourth-order valence-corrected chi connectivity index (χ4v) is 6.08. The zero-order chi connectivity index (χ0) is 27.2. The monoisotopic (exact) mass is 525 g/mol. The van der Waals surface area contributed by atoms with E-state index in [9.17, 15) is 14.1 Å². The molecule has 0 aliphatic rings. The number of aromatic nitrogens is 1. The lowest BCUT2D eigenvalue weighted by atomic mass is 10.0. The van der Waals surface area contributed by atoms with Crippen molar-refractivity contribution < 1.29 is 19.2 Å². The second-order valence-electron chi connectivity index (χ2n) is 9.54. The summed E-state index contributed by atoms with van der Waals surface area (Å²) in [7, 11) is -1.35. The van der Waals surface area contributed by atoms with Gasteiger partial charge in [-0.15, -0.1) is 11.3 Å². The van der Waals surface area contributed by atoms with E-state index in [0.29, 0.717) is 0 Å². The van der Waals surface area contributed by atoms with E-state index >= 15 is 0 Å². The molecule has 0 amide bonds. The number of allylic oxidation sites excluding steroid dienone is 5. The normalized spacial score (nSPS) is 16.4. The molecule has 4 atom stereocenters. The summed E-state index contributed by atoms with van der Waals surface area (Å²) in [4.78, 5) is 15.4. The van der Waals surface area contributed by atoms with Crippen LogP contribution in [0.15, 0.2) is 34.8 Å². The molecule has 1 aromatic heterocycles. The number of aliphatic hydroxyl groups excluding tert-OH is 1. The number of aliphatic hydroxyl groups is 1. The van der Waals surface area contributed by atoms with Gasteiger partial charge in [-0.3, -0.25) is 9.00 Å². The maximum atomic E-state index is 12.9. The van der Waals surface area contributed by atoms with E-state index in [1.165, 1.54) is 11.1 Å². The molecule has 0 fully saturated rings. The number of carbonyl (C=O) groups is 1. The number of carboxylic acids is 1. The standard InChI is InChI=1S/C26H41NO4S2.C2H6/c1-18(11-9-13-20(3)15-23-17-32-22(5)27-23)10-8-12-19(2)14-21(4)33(31)26(6,7)24(28)16-25(29)30;1-2/h8,11-12,15,17,19,21,24,28H,9-10,13-14,16H2,1-7H3,(H,29,30);1-2H3/b12-8-,18-11-,20-15+;. The van der Waals surface area contributed by atoms with Crippen LogP contribution in [0, 0.1) is 12.8 Å². The van der Waals surface area contributed by atoms with Crippen molar-refractivity contribution in [3.8, 4) is 0 Å². The lowest BCUT2D eigenvalue weighted by Crippen LogP contribution is -2.45. The average molecular weight is 526 g/mol. The lowest BCUT2D eigenvalue weighted by molar-refractivity contribution is -0.139. The van der Waals surface area contributed by atoms with Gasteiger partial charge in [0.1, 0.15) is 0 Å². The van der Waals surface area contributed by atoms with Crippen LogP contribution in [0.5, 0.6) is 0 Å². The second-order valence-corrected chi connectivity index (χ2v) is 13.1. The van der Waals surface area contributed by atoms with Crippen LogP contribution in [0.4, 0.5) is 0 Å². The molecule has 5 nitrogen and oxygen atoms in total. The van der Waals surface area contributed by atoms with Crippen molar-refractivity contribution in [3.05, 3.63) is 45.5 Å². The van der Waals surface area contributed by atoms with Crippen LogP contribution in [0.3, 0.4) is 0 Å². The van der Waals surface area contributed by atoms with Crippen LogP contribution in [0.25, 0.3) is 6.08 Å². The Labute approximate surface area is 219 Å². The van der Waals surface area contributed by atoms with Gasteiger partial charge in [0.05, 0.1) is 28.0 Å². The highest BCUT2D eigenvalue weighted by Gasteiger charge is 2.38. The maximum Gasteiger partial charge on any atom is 0.306 e. The Morgan fingerprint density at radius 1 is 1.23 bits per heavy atom. The van der Waals surface area contributed by atoms with Crippen molar-refractivity contribution in [3.63, 3.8) is 0 Å². The van der Waals surface area contributed by atoms with Gasteiger partial charge in [0.2, 0.25) is 0 Å². The molecule has 0 spiro atoms. The Bertz CT molecular complexity index is 883. The number of rotatable bonds is 14. The van der Waals surface area contributed by atoms with Gasteiger partial charge in [-0.05, 0) is 72.3 Å². The highest BCUT2D eigenvalue weighted by molar-refractivity contribution is 7.87. The Balaban J connectivity index is 0.00000562. The number of hydrogen-bond donors (Lipinski definition) is 2. The van der Waals surface area contributed by atoms with Crippen molar-refractivity contribution >= 4 is 34.2 Å². The van der Waals surface area contributed by atoms with E-state index in [4.69, 9.17) is 5.11 Å². The van der Waals surface area contributed by atoms with Crippen LogP contribution in [0.2, 0.25) is 0 Å². The summed E-state index contributed by atoms with van der Waals surface area (Å²) >= 11 is 1.67. The molecule has 0 bridgehead atoms. The highest BCUT2D eigenvalue weighted by Crippen LogP contribution is 2.27. The second kappa shape index (κ2) is 17.0. The minimum atomic E-state index is -1.35. The molecule has 0 aliphatic heterocycles. The van der Waals surface area contributed by atoms with Crippen molar-refractivity contribution in [2.24, 2.45) is 5.92 Å². The first-order chi connectivity index (χ1) is 16.3. The summed E-state index contributed by atoms with van der Waals surface area (Å²) in [5, 5.41) is 22.1. The number of aliphatic carboxylic acids is 1. The molecule has 1 rings (SSSR count). The number of hydrogen-bond acceptors (Lipinski definition) is 5. The number of carboxylic acid groups (broad SMARTS) is 1. The Hall–Kier alpha value is -1.57. The molecule has 0 saturated heterocycles. The first-order valence-electron chi connectivity index (χ1n) is 12.5. The van der Waals surface area contributed by atoms with Crippen molar-refractivity contribution in [1.82, 2.24) is 4.98 Å². The third-order valence-corrected chi connectivity index (χ3v) is 8.75. The number of nitrogens with zero attached hydrogens (tertiary/aromatic N) is 1. The van der Waals surface area contributed by atoms with Crippen molar-refractivity contribution in [2.75, 3.05) is 0 Å². The van der Waals surface area contributed by atoms with Crippen LogP contribution in [-0.4, -0.2) is 41.5 Å². The van der Waals surface area contributed by atoms with Gasteiger partial charge in [-0.2, -0.15) is 0 Å². The van der Waals surface area contributed by atoms with Crippen molar-refractivity contribution in [1.29, 1.82) is 0 Å². The third kappa shape index (κ3) is 13.3. The average Bonchev–Trinajstić information content (AvgIpc) is 3.18. The van der Waals surface area contributed by atoms with E-state index < -0.39 is 34.0 Å². The summed E-state index contributed by atoms with van der Waals surface area (Å²) in [5.41, 5.74) is 3.69. The molecule has 0 aromatic carbocycles. The Morgan fingerprint density at radius 2 is 1.86 bits per heavy atom. The van der Waals surface area contributed by atoms with E-state index in [0.717, 1.165) is 36.4 Å². The fourth-order valence-electron chi connectivity index (χ4n) is 3.64. The van der Waals surface area contributed by atoms with Gasteiger partial charge in [0.25, 0.3) is 0 Å². The van der Waals surface area contributed by atoms with E-state index in [1.54, 1.807) is 25.2 Å². The van der Waals surface area contributed by atoms with Gasteiger partial charge in [0.15, 0.2) is 0 Å². The zero-order valence-corrected chi connectivity index (χ0v) is 24.8. The topological polar surface area (TPSA) is 87.5 Å². The van der Waals surface area contributed by atoms with Gasteiger partial charge in [-0.1, -0.05) is 57.1 Å². The number of thiazole rings is 1. The minimum Gasteiger partial charge on any atom is -0.481 e. The molecule has 0 aliphatic carbocycles. The molecular weight excluding hydrogens is 478 g/mol. The quantitative estimate of drug-likeness (QED) is 0.248. The molecule has 4 unspecified atom stereocenters. The summed E-state index contributed by atoms with van der Waals surface area (Å²) in [6, 6.07) is 0. The van der Waals surface area contributed by atoms with E-state index in [-0.39, 0.29) is 11.2 Å². The van der Waals surface area contributed by atoms with Gasteiger partial charge < -0.3 is 10.2 Å². The largest absolute Gasteiger partial charge is 0.481 e. The molecule has 35 heavy (non-hydrogen) atoms. The fraction of sp³-hybridized carbons (Fsp3) is 0.643. The van der Waals surface area contributed by atoms with Gasteiger partial charge >= 0.3 is 5.97 Å². The molecule has 1 aromatic rings. The van der Waals surface area contributed by atoms with Crippen LogP contribution < -0.4 is 0 Å². The molecule has 2 N–H and O–H groups in total. The molecule has 0 saturated carbocycles. The first-order valence-corrected chi connectivity index (χ1v) is 14.6. The summed E-state index contributed by atoms with van der Waals surface area (Å²) in [6.07, 6.45) is 10.8. The zero-order valence-electron chi connectivity index (χ0n) is 23.1. The predicted molar refractivity (Wildman–Crippen MR) is 152 cm³/mol. The molecule has 200 valence electrons. The smallest absolute Gasteiger partial charge is 0.306 e. The summed E-state index contributed by atoms with van der Waals surface area (Å²) < 4.78 is 11.9. The Kier molecular flexibility index (Phi) is 16.2. The van der Waals surface area contributed by atoms with Crippen LogP contribution in [0.1, 0.15) is 98.2 Å². The molecule has 1 heterocycles. The third-order valence-electron chi connectivity index (χ3n) is 5.73. The van der Waals surface area contributed by atoms with Crippen molar-refractivity contribution in [2.45, 2.75) is 111 Å².